The van der Waals surface area contributed by atoms with Gasteiger partial charge in [-0.25, -0.2) is 0 Å². The summed E-state index contributed by atoms with van der Waals surface area (Å²) < 4.78 is 9.78. The Hall–Kier alpha value is -0.410. The predicted molar refractivity (Wildman–Crippen MR) is 42.6 cm³/mol. The highest BCUT2D eigenvalue weighted by molar-refractivity contribution is 5.78. The summed E-state index contributed by atoms with van der Waals surface area (Å²) in [6.07, 6.45) is 1.01. The summed E-state index contributed by atoms with van der Waals surface area (Å²) in [6, 6.07) is 0. The third-order valence-electron chi connectivity index (χ3n) is 1.31. The fraction of sp³-hybridized carbons (Fsp3) is 0.875. The van der Waals surface area contributed by atoms with Gasteiger partial charge in [0.1, 0.15) is 5.78 Å². The minimum atomic E-state index is 0.209. The molecule has 0 aliphatic heterocycles. The van der Waals surface area contributed by atoms with Gasteiger partial charge in [-0.05, 0) is 6.92 Å². The summed E-state index contributed by atoms with van der Waals surface area (Å²) >= 11 is 0. The SMILES string of the molecule is CCOCCC(=O)CCOC. The largest absolute Gasteiger partial charge is 0.384 e. The minimum Gasteiger partial charge on any atom is -0.384 e. The second kappa shape index (κ2) is 7.69. The Balaban J connectivity index is 3.09. The number of hydrogen-bond donors (Lipinski definition) is 0. The third-order valence-corrected chi connectivity index (χ3v) is 1.31. The standard InChI is InChI=1S/C8H16O3/c1-3-11-7-5-8(9)4-6-10-2/h3-7H2,1-2H3. The molecule has 11 heavy (non-hydrogen) atoms. The van der Waals surface area contributed by atoms with Gasteiger partial charge in [0.15, 0.2) is 0 Å². The van der Waals surface area contributed by atoms with Crippen LogP contribution in [-0.4, -0.2) is 32.7 Å². The minimum absolute atomic E-state index is 0.209. The number of methoxy groups -OCH3 is 1. The van der Waals surface area contributed by atoms with E-state index in [1.165, 1.54) is 0 Å². The van der Waals surface area contributed by atoms with Gasteiger partial charge >= 0.3 is 0 Å². The molecule has 0 radical (unpaired) electrons. The summed E-state index contributed by atoms with van der Waals surface area (Å²) in [5, 5.41) is 0. The average molecular weight is 160 g/mol. The Bertz CT molecular complexity index is 102. The number of hydrogen-bond acceptors (Lipinski definition) is 3. The first-order chi connectivity index (χ1) is 5.31. The maximum Gasteiger partial charge on any atom is 0.137 e. The van der Waals surface area contributed by atoms with Crippen LogP contribution >= 0.6 is 0 Å². The number of carbonyl (C=O) groups excluding carboxylic acids is 1. The molecule has 3 nitrogen and oxygen atoms in total. The first-order valence-electron chi connectivity index (χ1n) is 3.89. The molecule has 0 bridgehead atoms. The maximum atomic E-state index is 10.9. The Labute approximate surface area is 67.7 Å². The zero-order valence-corrected chi connectivity index (χ0v) is 7.26. The summed E-state index contributed by atoms with van der Waals surface area (Å²) in [7, 11) is 1.59. The Morgan fingerprint density at radius 3 is 2.45 bits per heavy atom. The Morgan fingerprint density at radius 1 is 1.27 bits per heavy atom. The normalized spacial score (nSPS) is 10.0. The Morgan fingerprint density at radius 2 is 1.91 bits per heavy atom. The highest BCUT2D eigenvalue weighted by Crippen LogP contribution is 1.91. The summed E-state index contributed by atoms with van der Waals surface area (Å²) in [6.45, 7) is 3.65. The molecule has 0 saturated carbocycles. The van der Waals surface area contributed by atoms with Crippen LogP contribution in [-0.2, 0) is 14.3 Å². The highest BCUT2D eigenvalue weighted by atomic mass is 16.5. The molecule has 0 aromatic rings. The maximum absolute atomic E-state index is 10.9. The number of ketones is 1. The van der Waals surface area contributed by atoms with Gasteiger partial charge in [-0.15, -0.1) is 0 Å². The fourth-order valence-corrected chi connectivity index (χ4v) is 0.671. The van der Waals surface area contributed by atoms with Gasteiger partial charge in [-0.2, -0.15) is 0 Å². The molecule has 0 aromatic carbocycles. The summed E-state index contributed by atoms with van der Waals surface area (Å²) in [5.74, 6) is 0.209. The van der Waals surface area contributed by atoms with Crippen LogP contribution in [0.4, 0.5) is 0 Å². The molecule has 3 heteroatoms. The van der Waals surface area contributed by atoms with Crippen LogP contribution in [0.15, 0.2) is 0 Å². The first-order valence-corrected chi connectivity index (χ1v) is 3.89. The molecule has 0 atom stereocenters. The van der Waals surface area contributed by atoms with E-state index in [0.717, 1.165) is 0 Å². The van der Waals surface area contributed by atoms with Crippen molar-refractivity contribution in [2.24, 2.45) is 0 Å². The second-order valence-corrected chi connectivity index (χ2v) is 2.23. The van der Waals surface area contributed by atoms with Crippen LogP contribution in [0.25, 0.3) is 0 Å². The van der Waals surface area contributed by atoms with Crippen molar-refractivity contribution in [3.63, 3.8) is 0 Å². The molecule has 0 unspecified atom stereocenters. The molecule has 0 fully saturated rings. The monoisotopic (exact) mass is 160 g/mol. The summed E-state index contributed by atoms with van der Waals surface area (Å²) in [5.41, 5.74) is 0. The average Bonchev–Trinajstić information content (AvgIpc) is 2.01. The van der Waals surface area contributed by atoms with Crippen molar-refractivity contribution in [3.8, 4) is 0 Å². The molecule has 0 amide bonds. The molecule has 0 heterocycles. The number of carbonyl (C=O) groups is 1. The summed E-state index contributed by atoms with van der Waals surface area (Å²) in [4.78, 5) is 10.9. The van der Waals surface area contributed by atoms with E-state index >= 15 is 0 Å². The quantitative estimate of drug-likeness (QED) is 0.521. The molecule has 0 N–H and O–H groups in total. The van der Waals surface area contributed by atoms with Crippen molar-refractivity contribution in [1.29, 1.82) is 0 Å². The molecule has 0 aromatic heterocycles. The van der Waals surface area contributed by atoms with Crippen molar-refractivity contribution < 1.29 is 14.3 Å². The Kier molecular flexibility index (Phi) is 7.41. The van der Waals surface area contributed by atoms with E-state index in [1.54, 1.807) is 7.11 Å². The van der Waals surface area contributed by atoms with E-state index in [-0.39, 0.29) is 5.78 Å². The van der Waals surface area contributed by atoms with Crippen molar-refractivity contribution in [3.05, 3.63) is 0 Å². The molecular weight excluding hydrogens is 144 g/mol. The van der Waals surface area contributed by atoms with Gasteiger partial charge in [0.2, 0.25) is 0 Å². The van der Waals surface area contributed by atoms with Crippen molar-refractivity contribution >= 4 is 5.78 Å². The van der Waals surface area contributed by atoms with Gasteiger partial charge < -0.3 is 9.47 Å². The van der Waals surface area contributed by atoms with E-state index < -0.39 is 0 Å². The van der Waals surface area contributed by atoms with Gasteiger partial charge in [0.05, 0.1) is 13.2 Å². The van der Waals surface area contributed by atoms with Crippen LogP contribution in [0.3, 0.4) is 0 Å². The lowest BCUT2D eigenvalue weighted by Crippen LogP contribution is -2.06. The number of Topliss-reactive ketones (excluding diaryl/α,β-unsaturated/α-hetero) is 1. The fourth-order valence-electron chi connectivity index (χ4n) is 0.671. The van der Waals surface area contributed by atoms with Crippen molar-refractivity contribution in [2.75, 3.05) is 26.9 Å². The van der Waals surface area contributed by atoms with E-state index in [1.807, 2.05) is 6.92 Å². The first kappa shape index (κ1) is 10.6. The molecule has 0 aliphatic rings. The lowest BCUT2D eigenvalue weighted by molar-refractivity contribution is -0.120. The zero-order chi connectivity index (χ0) is 8.53. The van der Waals surface area contributed by atoms with E-state index in [2.05, 4.69) is 0 Å². The lowest BCUT2D eigenvalue weighted by atomic mass is 10.2. The van der Waals surface area contributed by atoms with Crippen LogP contribution in [0.5, 0.6) is 0 Å². The second-order valence-electron chi connectivity index (χ2n) is 2.23. The van der Waals surface area contributed by atoms with Gasteiger partial charge in [0, 0.05) is 26.6 Å². The van der Waals surface area contributed by atoms with Gasteiger partial charge in [-0.3, -0.25) is 4.79 Å². The van der Waals surface area contributed by atoms with Crippen molar-refractivity contribution in [2.45, 2.75) is 19.8 Å². The van der Waals surface area contributed by atoms with Gasteiger partial charge in [-0.1, -0.05) is 0 Å². The highest BCUT2D eigenvalue weighted by Gasteiger charge is 1.99. The molecular formula is C8H16O3. The molecule has 0 rings (SSSR count). The van der Waals surface area contributed by atoms with Crippen LogP contribution in [0.2, 0.25) is 0 Å². The van der Waals surface area contributed by atoms with Crippen LogP contribution < -0.4 is 0 Å². The van der Waals surface area contributed by atoms with E-state index in [0.29, 0.717) is 32.7 Å². The van der Waals surface area contributed by atoms with Crippen LogP contribution in [0.1, 0.15) is 19.8 Å². The van der Waals surface area contributed by atoms with Crippen LogP contribution in [0, 0.1) is 0 Å². The smallest absolute Gasteiger partial charge is 0.137 e. The lowest BCUT2D eigenvalue weighted by Gasteiger charge is -1.99. The topological polar surface area (TPSA) is 35.5 Å². The van der Waals surface area contributed by atoms with Gasteiger partial charge in [0.25, 0.3) is 0 Å². The predicted octanol–water partition coefficient (Wildman–Crippen LogP) is 1.02. The third kappa shape index (κ3) is 7.49. The van der Waals surface area contributed by atoms with Crippen molar-refractivity contribution in [1.82, 2.24) is 0 Å². The van der Waals surface area contributed by atoms with E-state index in [9.17, 15) is 4.79 Å². The molecule has 0 saturated heterocycles. The zero-order valence-electron chi connectivity index (χ0n) is 7.26. The molecule has 66 valence electrons. The number of ether oxygens (including phenoxy) is 2. The molecule has 0 spiro atoms. The van der Waals surface area contributed by atoms with E-state index in [4.69, 9.17) is 9.47 Å². The number of rotatable bonds is 7. The molecule has 0 aliphatic carbocycles.